The van der Waals surface area contributed by atoms with Gasteiger partial charge in [-0.15, -0.1) is 0 Å². The van der Waals surface area contributed by atoms with Gasteiger partial charge in [-0.25, -0.2) is 0 Å². The average molecular weight is 384 g/mol. The molecule has 0 aliphatic carbocycles. The Bertz CT molecular complexity index is 1210. The molecular formula is C22H16N4O3. The van der Waals surface area contributed by atoms with Gasteiger partial charge in [-0.3, -0.25) is 9.69 Å². The fraction of sp³-hybridized carbons (Fsp3) is 0.136. The maximum atomic E-state index is 12.9. The van der Waals surface area contributed by atoms with Crippen LogP contribution in [0.15, 0.2) is 48.4 Å². The Morgan fingerprint density at radius 3 is 2.66 bits per heavy atom. The number of aromatic hydroxyl groups is 1. The number of phenols is 1. The topological polar surface area (TPSA) is 113 Å². The number of nitrogens with zero attached hydrogens (tertiary/aromatic N) is 3. The van der Waals surface area contributed by atoms with E-state index < -0.39 is 0 Å². The molecule has 0 bridgehead atoms. The first-order valence-electron chi connectivity index (χ1n) is 8.94. The molecule has 29 heavy (non-hydrogen) atoms. The van der Waals surface area contributed by atoms with Gasteiger partial charge in [-0.05, 0) is 24.3 Å². The van der Waals surface area contributed by atoms with Crippen LogP contribution in [0.3, 0.4) is 0 Å². The van der Waals surface area contributed by atoms with E-state index in [0.717, 1.165) is 16.5 Å². The molecule has 0 saturated carbocycles. The van der Waals surface area contributed by atoms with E-state index in [-0.39, 0.29) is 42.7 Å². The van der Waals surface area contributed by atoms with Crippen LogP contribution in [0.2, 0.25) is 0 Å². The monoisotopic (exact) mass is 384 g/mol. The van der Waals surface area contributed by atoms with E-state index in [2.05, 4.69) is 4.98 Å². The number of hydrogen-bond acceptors (Lipinski definition) is 6. The van der Waals surface area contributed by atoms with Gasteiger partial charge in [0.05, 0.1) is 36.4 Å². The van der Waals surface area contributed by atoms with Crippen molar-refractivity contribution >= 4 is 22.8 Å². The Kier molecular flexibility index (Phi) is 4.74. The lowest BCUT2D eigenvalue weighted by Gasteiger charge is -2.17. The number of H-pyrrole nitrogens is 1. The summed E-state index contributed by atoms with van der Waals surface area (Å²) in [7, 11) is 0. The zero-order valence-electron chi connectivity index (χ0n) is 15.3. The maximum Gasteiger partial charge on any atom is 0.231 e. The molecule has 2 N–H and O–H groups in total. The van der Waals surface area contributed by atoms with Crippen molar-refractivity contribution in [2.75, 3.05) is 13.1 Å². The van der Waals surface area contributed by atoms with E-state index in [0.29, 0.717) is 11.1 Å². The van der Waals surface area contributed by atoms with Gasteiger partial charge in [0.1, 0.15) is 11.5 Å². The zero-order chi connectivity index (χ0) is 20.4. The van der Waals surface area contributed by atoms with Crippen molar-refractivity contribution in [3.63, 3.8) is 0 Å². The Hall–Kier alpha value is -4.07. The van der Waals surface area contributed by atoms with Gasteiger partial charge in [-0.2, -0.15) is 10.5 Å². The number of Topliss-reactive ketones (excluding diaryl/α,β-unsaturated/α-hetero) is 1. The van der Waals surface area contributed by atoms with Crippen molar-refractivity contribution < 1.29 is 14.6 Å². The zero-order valence-corrected chi connectivity index (χ0v) is 15.3. The van der Waals surface area contributed by atoms with Crippen molar-refractivity contribution in [1.29, 1.82) is 10.5 Å². The van der Waals surface area contributed by atoms with E-state index in [4.69, 9.17) is 15.3 Å². The first kappa shape index (κ1) is 18.3. The lowest BCUT2D eigenvalue weighted by atomic mass is 10.0. The van der Waals surface area contributed by atoms with Gasteiger partial charge in [-0.1, -0.05) is 18.2 Å². The Morgan fingerprint density at radius 1 is 1.14 bits per heavy atom. The molecule has 0 saturated heterocycles. The number of phenolic OH excluding ortho intramolecular Hbond substituents is 1. The number of allylic oxidation sites excluding steroid dienone is 1. The van der Waals surface area contributed by atoms with Crippen molar-refractivity contribution in [3.8, 4) is 23.6 Å². The first-order valence-corrected chi connectivity index (χ1v) is 8.94. The molecular weight excluding hydrogens is 368 g/mol. The largest absolute Gasteiger partial charge is 0.507 e. The number of ketones is 1. The van der Waals surface area contributed by atoms with Crippen LogP contribution in [0.4, 0.5) is 0 Å². The second kappa shape index (κ2) is 7.51. The summed E-state index contributed by atoms with van der Waals surface area (Å²) in [6.07, 6.45) is 3.47. The summed E-state index contributed by atoms with van der Waals surface area (Å²) in [5.74, 6) is 0.0927. The predicted octanol–water partition coefficient (Wildman–Crippen LogP) is 3.34. The number of carbonyl (C=O) groups is 1. The number of aromatic nitrogens is 1. The third-order valence-electron chi connectivity index (χ3n) is 4.79. The summed E-state index contributed by atoms with van der Waals surface area (Å²) < 4.78 is 5.86. The summed E-state index contributed by atoms with van der Waals surface area (Å²) in [4.78, 5) is 17.6. The molecule has 142 valence electrons. The van der Waals surface area contributed by atoms with Crippen LogP contribution >= 0.6 is 0 Å². The third-order valence-corrected chi connectivity index (χ3v) is 4.79. The number of para-hydroxylation sites is 1. The van der Waals surface area contributed by atoms with E-state index in [1.807, 2.05) is 36.4 Å². The van der Waals surface area contributed by atoms with E-state index in [9.17, 15) is 9.90 Å². The number of fused-ring (bicyclic) bond motifs is 2. The van der Waals surface area contributed by atoms with E-state index >= 15 is 0 Å². The van der Waals surface area contributed by atoms with Crippen LogP contribution in [-0.2, 0) is 6.54 Å². The van der Waals surface area contributed by atoms with Gasteiger partial charge in [0, 0.05) is 29.2 Å². The van der Waals surface area contributed by atoms with Gasteiger partial charge in [0.2, 0.25) is 5.78 Å². The smallest absolute Gasteiger partial charge is 0.231 e. The Labute approximate surface area is 166 Å². The fourth-order valence-electron chi connectivity index (χ4n) is 3.40. The highest BCUT2D eigenvalue weighted by atomic mass is 16.5. The molecule has 3 aromatic rings. The van der Waals surface area contributed by atoms with Crippen LogP contribution in [-0.4, -0.2) is 33.9 Å². The number of hydrogen-bond donors (Lipinski definition) is 2. The van der Waals surface area contributed by atoms with Crippen LogP contribution in [0.1, 0.15) is 21.5 Å². The quantitative estimate of drug-likeness (QED) is 0.515. The lowest BCUT2D eigenvalue weighted by molar-refractivity contribution is 0.101. The highest BCUT2D eigenvalue weighted by Gasteiger charge is 2.31. The Balaban J connectivity index is 1.71. The number of nitriles is 2. The van der Waals surface area contributed by atoms with Crippen LogP contribution in [0.5, 0.6) is 11.5 Å². The maximum absolute atomic E-state index is 12.9. The van der Waals surface area contributed by atoms with Crippen molar-refractivity contribution in [1.82, 2.24) is 9.88 Å². The predicted molar refractivity (Wildman–Crippen MR) is 106 cm³/mol. The highest BCUT2D eigenvalue weighted by molar-refractivity contribution is 6.15. The molecule has 7 heteroatoms. The minimum Gasteiger partial charge on any atom is -0.507 e. The molecule has 0 amide bonds. The second-order valence-corrected chi connectivity index (χ2v) is 6.63. The number of ether oxygens (including phenoxy) is 1. The lowest BCUT2D eigenvalue weighted by Crippen LogP contribution is -2.24. The average Bonchev–Trinajstić information content (AvgIpc) is 3.26. The number of rotatable bonds is 5. The summed E-state index contributed by atoms with van der Waals surface area (Å²) in [6.45, 7) is 0.148. The van der Waals surface area contributed by atoms with E-state index in [1.165, 1.54) is 12.1 Å². The molecule has 2 aromatic carbocycles. The molecule has 4 rings (SSSR count). The summed E-state index contributed by atoms with van der Waals surface area (Å²) in [5.41, 5.74) is 2.49. The van der Waals surface area contributed by atoms with Gasteiger partial charge < -0.3 is 14.8 Å². The molecule has 2 heterocycles. The normalized spacial score (nSPS) is 14.0. The van der Waals surface area contributed by atoms with Crippen LogP contribution in [0.25, 0.3) is 17.0 Å². The number of aromatic amines is 1. The van der Waals surface area contributed by atoms with Gasteiger partial charge in [0.15, 0.2) is 5.76 Å². The van der Waals surface area contributed by atoms with E-state index in [1.54, 1.807) is 17.2 Å². The van der Waals surface area contributed by atoms with Crippen LogP contribution < -0.4 is 4.74 Å². The molecule has 1 aliphatic rings. The summed E-state index contributed by atoms with van der Waals surface area (Å²) in [5, 5.41) is 29.2. The van der Waals surface area contributed by atoms with Gasteiger partial charge in [0.25, 0.3) is 0 Å². The number of nitrogens with one attached hydrogen (secondary N) is 1. The molecule has 7 nitrogen and oxygen atoms in total. The molecule has 0 radical (unpaired) electrons. The van der Waals surface area contributed by atoms with Crippen molar-refractivity contribution in [3.05, 3.63) is 65.0 Å². The number of carbonyl (C=O) groups excluding carboxylic acids is 1. The van der Waals surface area contributed by atoms with Crippen molar-refractivity contribution in [2.45, 2.75) is 6.54 Å². The standard InChI is InChI=1S/C22H16N4O3/c23-7-9-26(10-8-24)13-17-19(27)6-5-16-21(28)20(29-22(16)17)11-14-12-25-18-4-2-1-3-15(14)18/h1-6,11-12,25,27H,9-10,13H2/b20-11+. The molecule has 0 spiro atoms. The Morgan fingerprint density at radius 2 is 1.90 bits per heavy atom. The second-order valence-electron chi connectivity index (χ2n) is 6.63. The molecule has 0 atom stereocenters. The highest BCUT2D eigenvalue weighted by Crippen LogP contribution is 2.40. The third kappa shape index (κ3) is 3.31. The summed E-state index contributed by atoms with van der Waals surface area (Å²) in [6, 6.07) is 14.7. The SMILES string of the molecule is N#CCN(CC#N)Cc1c(O)ccc2c1O/C(=C/c1c[nH]c3ccccc13)C2=O. The molecule has 0 unspecified atom stereocenters. The first-order chi connectivity index (χ1) is 14.1. The molecule has 1 aromatic heterocycles. The molecule has 0 fully saturated rings. The van der Waals surface area contributed by atoms with Crippen molar-refractivity contribution in [2.24, 2.45) is 0 Å². The minimum atomic E-state index is -0.279. The fourth-order valence-corrected chi connectivity index (χ4v) is 3.40. The summed E-state index contributed by atoms with van der Waals surface area (Å²) >= 11 is 0. The number of benzene rings is 2. The van der Waals surface area contributed by atoms with Gasteiger partial charge >= 0.3 is 0 Å². The van der Waals surface area contributed by atoms with Crippen LogP contribution in [0, 0.1) is 22.7 Å². The molecule has 1 aliphatic heterocycles. The minimum absolute atomic E-state index is 0.0165.